The van der Waals surface area contributed by atoms with Gasteiger partial charge in [0.25, 0.3) is 0 Å². The molecule has 0 unspecified atom stereocenters. The first kappa shape index (κ1) is 31.3. The lowest BCUT2D eigenvalue weighted by atomic mass is 9.79. The minimum atomic E-state index is -0.173. The molecule has 4 aromatic carbocycles. The van der Waals surface area contributed by atoms with Crippen LogP contribution in [-0.2, 0) is 10.8 Å². The van der Waals surface area contributed by atoms with Crippen molar-refractivity contribution in [3.05, 3.63) is 126 Å². The number of hydrogen-bond donors (Lipinski definition) is 3. The van der Waals surface area contributed by atoms with Gasteiger partial charge in [-0.15, -0.1) is 11.8 Å². The van der Waals surface area contributed by atoms with Gasteiger partial charge in [0.15, 0.2) is 0 Å². The van der Waals surface area contributed by atoms with Crippen molar-refractivity contribution in [2.75, 3.05) is 21.4 Å². The molecule has 228 valence electrons. The van der Waals surface area contributed by atoms with Crippen molar-refractivity contribution < 1.29 is 5.11 Å². The van der Waals surface area contributed by atoms with Crippen LogP contribution in [-0.4, -0.2) is 11.0 Å². The molecule has 0 amide bonds. The lowest BCUT2D eigenvalue weighted by Gasteiger charge is -2.29. The summed E-state index contributed by atoms with van der Waals surface area (Å²) in [7, 11) is 0. The molecule has 1 aliphatic rings. The van der Waals surface area contributed by atoms with Crippen molar-refractivity contribution in [2.24, 2.45) is 0 Å². The first-order valence-corrected chi connectivity index (χ1v) is 16.4. The summed E-state index contributed by atoms with van der Waals surface area (Å²) in [5.41, 5.74) is 8.18. The van der Waals surface area contributed by atoms with E-state index in [2.05, 4.69) is 148 Å². The Balaban J connectivity index is 1.44. The number of hydrogen-bond acceptors (Lipinski definition) is 5. The Morgan fingerprint density at radius 1 is 0.682 bits per heavy atom. The molecular formula is C39H45N3OS. The second-order valence-electron chi connectivity index (χ2n) is 13.4. The average Bonchev–Trinajstić information content (AvgIpc) is 2.99. The van der Waals surface area contributed by atoms with E-state index < -0.39 is 0 Å². The standard InChI is InChI=1S/C39H45N3OS/c1-38(2,3)35-25-34(26-36(37(35)43)39(4,5)6)44-27-42(32-21-17-30(18-22-32)40-28-13-9-7-10-14-28)33-23-19-31(20-24-33)41-29-15-11-8-12-16-29/h7,9-11,13-26,40-41,43H,8,12,27H2,1-6H3. The number of anilines is 5. The van der Waals surface area contributed by atoms with Gasteiger partial charge in [-0.25, -0.2) is 0 Å². The number of nitrogens with zero attached hydrogens (tertiary/aromatic N) is 1. The summed E-state index contributed by atoms with van der Waals surface area (Å²) in [6.45, 7) is 13.0. The summed E-state index contributed by atoms with van der Waals surface area (Å²) >= 11 is 1.79. The third kappa shape index (κ3) is 7.89. The summed E-state index contributed by atoms with van der Waals surface area (Å²) in [6, 6.07) is 31.9. The number of phenolic OH excluding ortho intramolecular Hbond substituents is 1. The Morgan fingerprint density at radius 3 is 1.70 bits per heavy atom. The second-order valence-corrected chi connectivity index (χ2v) is 14.4. The van der Waals surface area contributed by atoms with Crippen molar-refractivity contribution in [3.63, 3.8) is 0 Å². The molecule has 44 heavy (non-hydrogen) atoms. The maximum Gasteiger partial charge on any atom is 0.123 e. The number of allylic oxidation sites excluding steroid dienone is 3. The number of phenols is 1. The molecular weight excluding hydrogens is 559 g/mol. The molecule has 0 aromatic heterocycles. The Kier molecular flexibility index (Phi) is 9.45. The van der Waals surface area contributed by atoms with Gasteiger partial charge in [-0.1, -0.05) is 71.9 Å². The van der Waals surface area contributed by atoms with Crippen LogP contribution in [0.2, 0.25) is 0 Å². The van der Waals surface area contributed by atoms with E-state index in [1.165, 1.54) is 0 Å². The van der Waals surface area contributed by atoms with Crippen LogP contribution in [0.4, 0.5) is 28.4 Å². The molecule has 3 N–H and O–H groups in total. The van der Waals surface area contributed by atoms with E-state index in [0.29, 0.717) is 11.6 Å². The molecule has 1 aliphatic carbocycles. The number of nitrogens with one attached hydrogen (secondary N) is 2. The molecule has 0 saturated heterocycles. The highest BCUT2D eigenvalue weighted by Crippen LogP contribution is 2.42. The van der Waals surface area contributed by atoms with E-state index in [9.17, 15) is 5.11 Å². The van der Waals surface area contributed by atoms with Crippen LogP contribution in [0.5, 0.6) is 5.75 Å². The fourth-order valence-corrected chi connectivity index (χ4v) is 6.26. The molecule has 0 spiro atoms. The van der Waals surface area contributed by atoms with E-state index >= 15 is 0 Å². The van der Waals surface area contributed by atoms with Crippen LogP contribution in [0, 0.1) is 0 Å². The van der Waals surface area contributed by atoms with Crippen LogP contribution in [0.15, 0.2) is 120 Å². The summed E-state index contributed by atoms with van der Waals surface area (Å²) in [6.07, 6.45) is 8.79. The van der Waals surface area contributed by atoms with Gasteiger partial charge in [0.2, 0.25) is 0 Å². The third-order valence-corrected chi connectivity index (χ3v) is 8.72. The van der Waals surface area contributed by atoms with Crippen molar-refractivity contribution in [1.82, 2.24) is 0 Å². The number of aromatic hydroxyl groups is 1. The molecule has 0 fully saturated rings. The Hall–Kier alpha value is -4.09. The van der Waals surface area contributed by atoms with Gasteiger partial charge in [0.1, 0.15) is 5.75 Å². The first-order valence-electron chi connectivity index (χ1n) is 15.4. The molecule has 0 radical (unpaired) electrons. The van der Waals surface area contributed by atoms with Crippen LogP contribution in [0.3, 0.4) is 0 Å². The van der Waals surface area contributed by atoms with Crippen molar-refractivity contribution in [3.8, 4) is 5.75 Å². The summed E-state index contributed by atoms with van der Waals surface area (Å²) < 4.78 is 0. The normalized spacial score (nSPS) is 13.4. The Labute approximate surface area is 267 Å². The maximum absolute atomic E-state index is 11.3. The molecule has 0 heterocycles. The number of thioether (sulfide) groups is 1. The third-order valence-electron chi connectivity index (χ3n) is 7.76. The highest BCUT2D eigenvalue weighted by atomic mass is 32.2. The zero-order chi connectivity index (χ0) is 31.3. The highest BCUT2D eigenvalue weighted by molar-refractivity contribution is 7.99. The molecule has 0 saturated carbocycles. The second kappa shape index (κ2) is 13.3. The largest absolute Gasteiger partial charge is 0.507 e. The van der Waals surface area contributed by atoms with E-state index in [1.54, 1.807) is 11.8 Å². The zero-order valence-electron chi connectivity index (χ0n) is 26.8. The highest BCUT2D eigenvalue weighted by Gasteiger charge is 2.27. The summed E-state index contributed by atoms with van der Waals surface area (Å²) in [4.78, 5) is 3.50. The number of para-hydroxylation sites is 1. The van der Waals surface area contributed by atoms with Gasteiger partial charge in [0.05, 0.1) is 5.88 Å². The smallest absolute Gasteiger partial charge is 0.123 e. The van der Waals surface area contributed by atoms with Gasteiger partial charge in [-0.3, -0.25) is 0 Å². The maximum atomic E-state index is 11.3. The van der Waals surface area contributed by atoms with Gasteiger partial charge < -0.3 is 20.6 Å². The minimum Gasteiger partial charge on any atom is -0.507 e. The first-order chi connectivity index (χ1) is 21.0. The summed E-state index contributed by atoms with van der Waals surface area (Å²) in [5, 5.41) is 18.3. The van der Waals surface area contributed by atoms with Gasteiger partial charge in [-0.2, -0.15) is 0 Å². The van der Waals surface area contributed by atoms with Gasteiger partial charge in [-0.05, 0) is 103 Å². The van der Waals surface area contributed by atoms with E-state index in [-0.39, 0.29) is 10.8 Å². The van der Waals surface area contributed by atoms with Crippen molar-refractivity contribution >= 4 is 40.2 Å². The average molecular weight is 604 g/mol. The molecule has 0 bridgehead atoms. The summed E-state index contributed by atoms with van der Waals surface area (Å²) in [5.74, 6) is 1.13. The molecule has 5 heteroatoms. The number of rotatable bonds is 9. The monoisotopic (exact) mass is 603 g/mol. The lowest BCUT2D eigenvalue weighted by Crippen LogP contribution is -2.18. The van der Waals surface area contributed by atoms with Crippen LogP contribution < -0.4 is 15.5 Å². The van der Waals surface area contributed by atoms with Crippen LogP contribution >= 0.6 is 11.8 Å². The van der Waals surface area contributed by atoms with Crippen molar-refractivity contribution in [1.29, 1.82) is 0 Å². The Morgan fingerprint density at radius 2 is 1.20 bits per heavy atom. The van der Waals surface area contributed by atoms with Gasteiger partial charge >= 0.3 is 0 Å². The lowest BCUT2D eigenvalue weighted by molar-refractivity contribution is 0.422. The molecule has 5 rings (SSSR count). The Bertz CT molecular complexity index is 1570. The SMILES string of the molecule is CC(C)(C)c1cc(SCN(c2ccc(NC3=CCCC=C3)cc2)c2ccc(Nc3ccccc3)cc2)cc(C(C)(C)C)c1O. The molecule has 0 atom stereocenters. The minimum absolute atomic E-state index is 0.173. The number of benzene rings is 4. The topological polar surface area (TPSA) is 47.5 Å². The predicted octanol–water partition coefficient (Wildman–Crippen LogP) is 11.3. The van der Waals surface area contributed by atoms with Gasteiger partial charge in [0, 0.05) is 50.2 Å². The van der Waals surface area contributed by atoms with Crippen LogP contribution in [0.25, 0.3) is 0 Å². The fraction of sp³-hybridized carbons (Fsp3) is 0.282. The molecule has 4 nitrogen and oxygen atoms in total. The van der Waals surface area contributed by atoms with E-state index in [1.807, 2.05) is 18.2 Å². The van der Waals surface area contributed by atoms with Crippen LogP contribution in [0.1, 0.15) is 65.5 Å². The quantitative estimate of drug-likeness (QED) is 0.131. The molecule has 4 aromatic rings. The predicted molar refractivity (Wildman–Crippen MR) is 191 cm³/mol. The van der Waals surface area contributed by atoms with E-state index in [4.69, 9.17) is 0 Å². The fourth-order valence-electron chi connectivity index (χ4n) is 5.28. The van der Waals surface area contributed by atoms with Crippen molar-refractivity contribution in [2.45, 2.75) is 70.1 Å². The molecule has 0 aliphatic heterocycles. The van der Waals surface area contributed by atoms with E-state index in [0.717, 1.165) is 63.0 Å². The zero-order valence-corrected chi connectivity index (χ0v) is 27.6.